The molecule has 0 radical (unpaired) electrons. The first-order chi connectivity index (χ1) is 9.38. The summed E-state index contributed by atoms with van der Waals surface area (Å²) in [6, 6.07) is 0.434. The minimum atomic E-state index is 0.434. The fraction of sp³-hybridized carbons (Fsp3) is 0.750. The average molecular weight is 259 g/mol. The van der Waals surface area contributed by atoms with Crippen LogP contribution in [0.3, 0.4) is 0 Å². The van der Waals surface area contributed by atoms with Crippen molar-refractivity contribution in [2.24, 2.45) is 17.8 Å². The van der Waals surface area contributed by atoms with Crippen LogP contribution in [0.4, 0.5) is 0 Å². The monoisotopic (exact) mass is 259 g/mol. The Morgan fingerprint density at radius 3 is 2.53 bits per heavy atom. The summed E-state index contributed by atoms with van der Waals surface area (Å²) in [5.74, 6) is 2.76. The molecule has 0 bridgehead atoms. The number of nitrogens with zero attached hydrogens (tertiary/aromatic N) is 2. The van der Waals surface area contributed by atoms with Crippen molar-refractivity contribution >= 4 is 0 Å². The van der Waals surface area contributed by atoms with E-state index in [0.717, 1.165) is 17.8 Å². The zero-order chi connectivity index (χ0) is 13.1. The molecule has 2 aliphatic rings. The summed E-state index contributed by atoms with van der Waals surface area (Å²) >= 11 is 0. The molecule has 4 unspecified atom stereocenters. The Morgan fingerprint density at radius 2 is 1.79 bits per heavy atom. The Kier molecular flexibility index (Phi) is 4.12. The molecule has 1 N–H and O–H groups in total. The molecule has 1 aromatic heterocycles. The van der Waals surface area contributed by atoms with Crippen molar-refractivity contribution in [2.75, 3.05) is 7.05 Å². The van der Waals surface area contributed by atoms with Gasteiger partial charge < -0.3 is 5.32 Å². The largest absolute Gasteiger partial charge is 0.313 e. The number of aromatic nitrogens is 2. The van der Waals surface area contributed by atoms with Crippen molar-refractivity contribution in [2.45, 2.75) is 51.0 Å². The number of hydrogen-bond donors (Lipinski definition) is 1. The first kappa shape index (κ1) is 13.0. The average Bonchev–Trinajstić information content (AvgIpc) is 2.49. The Bertz CT molecular complexity index is 392. The second-order valence-corrected chi connectivity index (χ2v) is 6.32. The molecular weight excluding hydrogens is 234 g/mol. The Labute approximate surface area is 116 Å². The van der Waals surface area contributed by atoms with Crippen LogP contribution in [0.1, 0.15) is 56.6 Å². The summed E-state index contributed by atoms with van der Waals surface area (Å²) in [5.41, 5.74) is 1.25. The Hall–Kier alpha value is -0.960. The van der Waals surface area contributed by atoms with Gasteiger partial charge in [0.05, 0.1) is 0 Å². The van der Waals surface area contributed by atoms with E-state index in [1.807, 2.05) is 12.4 Å². The fourth-order valence-corrected chi connectivity index (χ4v) is 4.36. The van der Waals surface area contributed by atoms with Gasteiger partial charge in [0.2, 0.25) is 0 Å². The summed E-state index contributed by atoms with van der Waals surface area (Å²) < 4.78 is 0. The van der Waals surface area contributed by atoms with Crippen LogP contribution in [-0.4, -0.2) is 17.0 Å². The van der Waals surface area contributed by atoms with E-state index in [2.05, 4.69) is 22.3 Å². The van der Waals surface area contributed by atoms with E-state index in [1.165, 1.54) is 50.5 Å². The number of rotatable bonds is 3. The second-order valence-electron chi connectivity index (χ2n) is 6.32. The van der Waals surface area contributed by atoms with Gasteiger partial charge >= 0.3 is 0 Å². The standard InChI is InChI=1S/C16H25N3/c1-17-16(15-9-18-11-19-10-15)14-7-6-12-4-2-3-5-13(12)8-14/h9-14,16-17H,2-8H2,1H3. The first-order valence-corrected chi connectivity index (χ1v) is 7.80. The molecule has 4 atom stereocenters. The van der Waals surface area contributed by atoms with Gasteiger partial charge in [-0.05, 0) is 44.1 Å². The fourth-order valence-electron chi connectivity index (χ4n) is 4.36. The highest BCUT2D eigenvalue weighted by atomic mass is 14.9. The lowest BCUT2D eigenvalue weighted by atomic mass is 9.65. The first-order valence-electron chi connectivity index (χ1n) is 7.80. The smallest absolute Gasteiger partial charge is 0.115 e. The maximum absolute atomic E-state index is 4.18. The van der Waals surface area contributed by atoms with Crippen LogP contribution in [0.15, 0.2) is 18.7 Å². The van der Waals surface area contributed by atoms with Gasteiger partial charge in [-0.15, -0.1) is 0 Å². The van der Waals surface area contributed by atoms with Crippen molar-refractivity contribution in [3.63, 3.8) is 0 Å². The van der Waals surface area contributed by atoms with Gasteiger partial charge in [0.15, 0.2) is 0 Å². The van der Waals surface area contributed by atoms with E-state index in [0.29, 0.717) is 6.04 Å². The zero-order valence-electron chi connectivity index (χ0n) is 11.9. The number of fused-ring (bicyclic) bond motifs is 1. The highest BCUT2D eigenvalue weighted by molar-refractivity contribution is 5.11. The lowest BCUT2D eigenvalue weighted by Crippen LogP contribution is -2.34. The third-order valence-electron chi connectivity index (χ3n) is 5.30. The van der Waals surface area contributed by atoms with Gasteiger partial charge in [-0.3, -0.25) is 0 Å². The molecule has 3 rings (SSSR count). The molecule has 2 fully saturated rings. The minimum Gasteiger partial charge on any atom is -0.313 e. The molecule has 0 saturated heterocycles. The molecule has 2 aliphatic carbocycles. The number of nitrogens with one attached hydrogen (secondary N) is 1. The predicted octanol–water partition coefficient (Wildman–Crippen LogP) is 3.34. The SMILES string of the molecule is CNC(c1cncnc1)C1CCC2CCCCC2C1. The topological polar surface area (TPSA) is 37.8 Å². The third-order valence-corrected chi connectivity index (χ3v) is 5.30. The molecular formula is C16H25N3. The van der Waals surface area contributed by atoms with Crippen LogP contribution in [0.2, 0.25) is 0 Å². The van der Waals surface area contributed by atoms with Crippen LogP contribution >= 0.6 is 0 Å². The van der Waals surface area contributed by atoms with E-state index in [4.69, 9.17) is 0 Å². The third kappa shape index (κ3) is 2.81. The highest BCUT2D eigenvalue weighted by Crippen LogP contribution is 2.45. The molecule has 3 nitrogen and oxygen atoms in total. The summed E-state index contributed by atoms with van der Waals surface area (Å²) in [6.45, 7) is 0. The summed E-state index contributed by atoms with van der Waals surface area (Å²) in [7, 11) is 2.07. The minimum absolute atomic E-state index is 0.434. The maximum Gasteiger partial charge on any atom is 0.115 e. The van der Waals surface area contributed by atoms with Crippen LogP contribution in [-0.2, 0) is 0 Å². The molecule has 104 valence electrons. The summed E-state index contributed by atoms with van der Waals surface area (Å²) in [6.07, 6.45) is 15.6. The molecule has 1 aromatic rings. The van der Waals surface area contributed by atoms with Crippen molar-refractivity contribution in [3.8, 4) is 0 Å². The lowest BCUT2D eigenvalue weighted by Gasteiger charge is -2.42. The molecule has 2 saturated carbocycles. The van der Waals surface area contributed by atoms with Gasteiger partial charge in [0.1, 0.15) is 6.33 Å². The molecule has 0 amide bonds. The highest BCUT2D eigenvalue weighted by Gasteiger charge is 2.35. The van der Waals surface area contributed by atoms with Crippen molar-refractivity contribution in [3.05, 3.63) is 24.3 Å². The van der Waals surface area contributed by atoms with Crippen molar-refractivity contribution in [1.29, 1.82) is 0 Å². The molecule has 0 aliphatic heterocycles. The van der Waals surface area contributed by atoms with Crippen molar-refractivity contribution < 1.29 is 0 Å². The molecule has 3 heteroatoms. The van der Waals surface area contributed by atoms with E-state index >= 15 is 0 Å². The van der Waals surface area contributed by atoms with Gasteiger partial charge in [-0.2, -0.15) is 0 Å². The van der Waals surface area contributed by atoms with E-state index in [1.54, 1.807) is 6.33 Å². The normalized spacial score (nSPS) is 32.6. The molecule has 0 spiro atoms. The van der Waals surface area contributed by atoms with Crippen LogP contribution in [0, 0.1) is 17.8 Å². The molecule has 0 aromatic carbocycles. The lowest BCUT2D eigenvalue weighted by molar-refractivity contribution is 0.111. The van der Waals surface area contributed by atoms with E-state index < -0.39 is 0 Å². The molecule has 19 heavy (non-hydrogen) atoms. The summed E-state index contributed by atoms with van der Waals surface area (Å²) in [4.78, 5) is 8.36. The van der Waals surface area contributed by atoms with E-state index in [9.17, 15) is 0 Å². The number of hydrogen-bond acceptors (Lipinski definition) is 3. The van der Waals surface area contributed by atoms with Gasteiger partial charge in [-0.25, -0.2) is 9.97 Å². The van der Waals surface area contributed by atoms with E-state index in [-0.39, 0.29) is 0 Å². The van der Waals surface area contributed by atoms with Crippen molar-refractivity contribution in [1.82, 2.24) is 15.3 Å². The van der Waals surface area contributed by atoms with Crippen LogP contribution < -0.4 is 5.32 Å². The van der Waals surface area contributed by atoms with Crippen LogP contribution in [0.25, 0.3) is 0 Å². The Morgan fingerprint density at radius 1 is 1.05 bits per heavy atom. The molecule has 1 heterocycles. The quantitative estimate of drug-likeness (QED) is 0.904. The zero-order valence-corrected chi connectivity index (χ0v) is 11.9. The van der Waals surface area contributed by atoms with Gasteiger partial charge in [0, 0.05) is 24.0 Å². The summed E-state index contributed by atoms with van der Waals surface area (Å²) in [5, 5.41) is 3.50. The predicted molar refractivity (Wildman–Crippen MR) is 76.6 cm³/mol. The van der Waals surface area contributed by atoms with Crippen LogP contribution in [0.5, 0.6) is 0 Å². The van der Waals surface area contributed by atoms with Gasteiger partial charge in [0.25, 0.3) is 0 Å². The Balaban J connectivity index is 1.70. The van der Waals surface area contributed by atoms with Gasteiger partial charge in [-0.1, -0.05) is 25.7 Å². The maximum atomic E-state index is 4.18. The second kappa shape index (κ2) is 6.00.